The zero-order valence-corrected chi connectivity index (χ0v) is 18.2. The Balaban J connectivity index is 1.58. The second kappa shape index (κ2) is 9.76. The normalized spacial score (nSPS) is 17.3. The zero-order chi connectivity index (χ0) is 21.7. The molecule has 1 aliphatic rings. The van der Waals surface area contributed by atoms with E-state index in [0.717, 1.165) is 16.9 Å². The van der Waals surface area contributed by atoms with Crippen molar-refractivity contribution in [3.63, 3.8) is 0 Å². The number of nitrogens with zero attached hydrogens (tertiary/aromatic N) is 2. The zero-order valence-electron chi connectivity index (χ0n) is 18.2. The SMILES string of the molecule is COc1cccc(C(CNC(=O)C2CC(=O)N(Cc3ccc(C)cc3)C2)N(C)C)c1. The number of aryl methyl sites for hydroxylation is 1. The molecule has 3 rings (SSSR count). The first-order valence-corrected chi connectivity index (χ1v) is 10.3. The first-order chi connectivity index (χ1) is 14.4. The van der Waals surface area contributed by atoms with Gasteiger partial charge in [0.25, 0.3) is 0 Å². The number of benzene rings is 2. The number of hydrogen-bond acceptors (Lipinski definition) is 4. The Morgan fingerprint density at radius 2 is 1.97 bits per heavy atom. The number of carbonyl (C=O) groups is 2. The smallest absolute Gasteiger partial charge is 0.225 e. The molecular weight excluding hydrogens is 378 g/mol. The summed E-state index contributed by atoms with van der Waals surface area (Å²) in [6.07, 6.45) is 0.267. The van der Waals surface area contributed by atoms with Crippen LogP contribution in [0.5, 0.6) is 5.75 Å². The Morgan fingerprint density at radius 3 is 2.63 bits per heavy atom. The maximum absolute atomic E-state index is 12.8. The largest absolute Gasteiger partial charge is 0.497 e. The maximum atomic E-state index is 12.8. The number of rotatable bonds is 8. The predicted molar refractivity (Wildman–Crippen MR) is 117 cm³/mol. The molecule has 30 heavy (non-hydrogen) atoms. The number of carbonyl (C=O) groups excluding carboxylic acids is 2. The van der Waals surface area contributed by atoms with Gasteiger partial charge in [-0.3, -0.25) is 9.59 Å². The van der Waals surface area contributed by atoms with Gasteiger partial charge in [-0.25, -0.2) is 0 Å². The van der Waals surface area contributed by atoms with Crippen LogP contribution < -0.4 is 10.1 Å². The fraction of sp³-hybridized carbons (Fsp3) is 0.417. The van der Waals surface area contributed by atoms with E-state index in [2.05, 4.69) is 10.2 Å². The highest BCUT2D eigenvalue weighted by atomic mass is 16.5. The van der Waals surface area contributed by atoms with Gasteiger partial charge in [-0.2, -0.15) is 0 Å². The van der Waals surface area contributed by atoms with Crippen LogP contribution >= 0.6 is 0 Å². The molecule has 6 heteroatoms. The molecule has 2 amide bonds. The topological polar surface area (TPSA) is 61.9 Å². The van der Waals surface area contributed by atoms with Gasteiger partial charge in [-0.15, -0.1) is 0 Å². The molecular formula is C24H31N3O3. The lowest BCUT2D eigenvalue weighted by Crippen LogP contribution is -2.38. The molecule has 1 saturated heterocycles. The van der Waals surface area contributed by atoms with Gasteiger partial charge in [-0.05, 0) is 44.3 Å². The van der Waals surface area contributed by atoms with E-state index in [9.17, 15) is 9.59 Å². The van der Waals surface area contributed by atoms with E-state index in [1.54, 1.807) is 12.0 Å². The number of ether oxygens (including phenoxy) is 1. The third-order valence-electron chi connectivity index (χ3n) is 5.65. The lowest BCUT2D eigenvalue weighted by atomic mass is 10.0. The molecule has 0 spiro atoms. The van der Waals surface area contributed by atoms with Gasteiger partial charge in [0.15, 0.2) is 0 Å². The Bertz CT molecular complexity index is 880. The van der Waals surface area contributed by atoms with Crippen molar-refractivity contribution in [2.45, 2.75) is 25.9 Å². The number of likely N-dealkylation sites (N-methyl/N-ethyl adjacent to an activating group) is 1. The molecule has 2 aromatic carbocycles. The van der Waals surface area contributed by atoms with Crippen LogP contribution in [-0.4, -0.2) is 55.9 Å². The van der Waals surface area contributed by atoms with Gasteiger partial charge in [0.05, 0.1) is 19.1 Å². The third kappa shape index (κ3) is 5.39. The molecule has 1 N–H and O–H groups in total. The lowest BCUT2D eigenvalue weighted by molar-refractivity contribution is -0.129. The maximum Gasteiger partial charge on any atom is 0.225 e. The molecule has 0 bridgehead atoms. The van der Waals surface area contributed by atoms with Crippen LogP contribution in [-0.2, 0) is 16.1 Å². The monoisotopic (exact) mass is 409 g/mol. The molecule has 1 aliphatic heterocycles. The van der Waals surface area contributed by atoms with E-state index >= 15 is 0 Å². The van der Waals surface area contributed by atoms with Crippen molar-refractivity contribution >= 4 is 11.8 Å². The highest BCUT2D eigenvalue weighted by Crippen LogP contribution is 2.24. The van der Waals surface area contributed by atoms with E-state index in [4.69, 9.17) is 4.74 Å². The second-order valence-corrected chi connectivity index (χ2v) is 8.16. The van der Waals surface area contributed by atoms with Crippen LogP contribution in [0.3, 0.4) is 0 Å². The van der Waals surface area contributed by atoms with E-state index in [1.807, 2.05) is 69.6 Å². The first kappa shape index (κ1) is 21.8. The molecule has 2 atom stereocenters. The predicted octanol–water partition coefficient (Wildman–Crippen LogP) is 2.77. The minimum Gasteiger partial charge on any atom is -0.497 e. The van der Waals surface area contributed by atoms with Crippen LogP contribution in [0.15, 0.2) is 48.5 Å². The summed E-state index contributed by atoms with van der Waals surface area (Å²) in [6, 6.07) is 16.0. The molecule has 0 aromatic heterocycles. The molecule has 6 nitrogen and oxygen atoms in total. The van der Waals surface area contributed by atoms with Crippen LogP contribution in [0.2, 0.25) is 0 Å². The average Bonchev–Trinajstić information content (AvgIpc) is 3.10. The number of hydrogen-bond donors (Lipinski definition) is 1. The minimum absolute atomic E-state index is 0.0183. The second-order valence-electron chi connectivity index (χ2n) is 8.16. The molecule has 0 radical (unpaired) electrons. The highest BCUT2D eigenvalue weighted by Gasteiger charge is 2.34. The van der Waals surface area contributed by atoms with Crippen LogP contribution in [0.1, 0.15) is 29.2 Å². The minimum atomic E-state index is -0.309. The van der Waals surface area contributed by atoms with Crippen molar-refractivity contribution in [1.29, 1.82) is 0 Å². The van der Waals surface area contributed by atoms with Crippen LogP contribution in [0, 0.1) is 12.8 Å². The summed E-state index contributed by atoms with van der Waals surface area (Å²) in [5.41, 5.74) is 3.35. The molecule has 0 saturated carbocycles. The van der Waals surface area contributed by atoms with Crippen molar-refractivity contribution in [3.05, 3.63) is 65.2 Å². The van der Waals surface area contributed by atoms with Crippen LogP contribution in [0.4, 0.5) is 0 Å². The van der Waals surface area contributed by atoms with E-state index in [-0.39, 0.29) is 30.2 Å². The van der Waals surface area contributed by atoms with Gasteiger partial charge in [0, 0.05) is 26.1 Å². The Kier molecular flexibility index (Phi) is 7.11. The van der Waals surface area contributed by atoms with Crippen molar-refractivity contribution < 1.29 is 14.3 Å². The molecule has 1 fully saturated rings. The Labute approximate surface area is 178 Å². The van der Waals surface area contributed by atoms with Gasteiger partial charge in [0.1, 0.15) is 5.75 Å². The summed E-state index contributed by atoms with van der Waals surface area (Å²) < 4.78 is 5.32. The molecule has 160 valence electrons. The summed E-state index contributed by atoms with van der Waals surface area (Å²) in [5.74, 6) is 0.451. The molecule has 2 unspecified atom stereocenters. The average molecular weight is 410 g/mol. The van der Waals surface area contributed by atoms with Gasteiger partial charge >= 0.3 is 0 Å². The lowest BCUT2D eigenvalue weighted by Gasteiger charge is -2.26. The molecule has 1 heterocycles. The van der Waals surface area contributed by atoms with Gasteiger partial charge in [0.2, 0.25) is 11.8 Å². The van der Waals surface area contributed by atoms with Crippen molar-refractivity contribution in [2.75, 3.05) is 34.3 Å². The summed E-state index contributed by atoms with van der Waals surface area (Å²) >= 11 is 0. The standard InChI is InChI=1S/C24H31N3O3/c1-17-8-10-18(11-9-17)15-27-16-20(13-23(27)28)24(29)25-14-22(26(2)3)19-6-5-7-21(12-19)30-4/h5-12,20,22H,13-16H2,1-4H3,(H,25,29). The van der Waals surface area contributed by atoms with E-state index < -0.39 is 0 Å². The van der Waals surface area contributed by atoms with Crippen molar-refractivity contribution in [2.24, 2.45) is 5.92 Å². The van der Waals surface area contributed by atoms with Crippen molar-refractivity contribution in [3.8, 4) is 5.75 Å². The number of likely N-dealkylation sites (tertiary alicyclic amines) is 1. The highest BCUT2D eigenvalue weighted by molar-refractivity contribution is 5.89. The first-order valence-electron chi connectivity index (χ1n) is 10.3. The Hall–Kier alpha value is -2.86. The number of nitrogens with one attached hydrogen (secondary N) is 1. The van der Waals surface area contributed by atoms with Gasteiger partial charge < -0.3 is 19.9 Å². The molecule has 2 aromatic rings. The van der Waals surface area contributed by atoms with E-state index in [0.29, 0.717) is 19.6 Å². The molecule has 0 aliphatic carbocycles. The van der Waals surface area contributed by atoms with Crippen molar-refractivity contribution in [1.82, 2.24) is 15.1 Å². The summed E-state index contributed by atoms with van der Waals surface area (Å²) in [4.78, 5) is 29.1. The fourth-order valence-corrected chi connectivity index (χ4v) is 3.80. The third-order valence-corrected chi connectivity index (χ3v) is 5.65. The summed E-state index contributed by atoms with van der Waals surface area (Å²) in [7, 11) is 5.61. The Morgan fingerprint density at radius 1 is 1.23 bits per heavy atom. The van der Waals surface area contributed by atoms with E-state index in [1.165, 1.54) is 5.56 Å². The summed E-state index contributed by atoms with van der Waals surface area (Å²) in [6.45, 7) is 3.52. The number of methoxy groups -OCH3 is 1. The van der Waals surface area contributed by atoms with Crippen LogP contribution in [0.25, 0.3) is 0 Å². The number of amides is 2. The van der Waals surface area contributed by atoms with Gasteiger partial charge in [-0.1, -0.05) is 42.0 Å². The fourth-order valence-electron chi connectivity index (χ4n) is 3.80. The quantitative estimate of drug-likeness (QED) is 0.728. The summed E-state index contributed by atoms with van der Waals surface area (Å²) in [5, 5.41) is 3.05.